The third-order valence-corrected chi connectivity index (χ3v) is 2.07. The molecule has 1 atom stereocenters. The predicted octanol–water partition coefficient (Wildman–Crippen LogP) is 2.23. The van der Waals surface area contributed by atoms with E-state index in [2.05, 4.69) is 0 Å². The van der Waals surface area contributed by atoms with E-state index in [0.29, 0.717) is 0 Å². The third-order valence-electron chi connectivity index (χ3n) is 2.07. The maximum Gasteiger partial charge on any atom is 0.326 e. The number of carbonyl (C=O) groups excluding carboxylic acids is 2. The summed E-state index contributed by atoms with van der Waals surface area (Å²) in [6.07, 6.45) is 0.414. The van der Waals surface area contributed by atoms with Crippen LogP contribution < -0.4 is 0 Å². The molecule has 1 unspecified atom stereocenters. The molecule has 4 heteroatoms. The number of nitriles is 1. The van der Waals surface area contributed by atoms with Crippen LogP contribution in [0.1, 0.15) is 47.5 Å². The number of ether oxygens (including phenoxy) is 1. The van der Waals surface area contributed by atoms with E-state index in [1.54, 1.807) is 20.8 Å². The summed E-state index contributed by atoms with van der Waals surface area (Å²) in [4.78, 5) is 22.6. The molecule has 0 amide bonds. The molecule has 0 saturated heterocycles. The minimum Gasteiger partial charge on any atom is -0.459 e. The lowest BCUT2D eigenvalue weighted by atomic mass is 9.86. The molecular formula is C12H19NO3. The van der Waals surface area contributed by atoms with Crippen molar-refractivity contribution in [2.75, 3.05) is 0 Å². The van der Waals surface area contributed by atoms with Gasteiger partial charge in [0.2, 0.25) is 0 Å². The van der Waals surface area contributed by atoms with Gasteiger partial charge in [-0.2, -0.15) is 5.26 Å². The van der Waals surface area contributed by atoms with Gasteiger partial charge >= 0.3 is 5.97 Å². The summed E-state index contributed by atoms with van der Waals surface area (Å²) in [6.45, 7) is 8.17. The topological polar surface area (TPSA) is 67.2 Å². The van der Waals surface area contributed by atoms with Crippen molar-refractivity contribution in [2.24, 2.45) is 5.41 Å². The quantitative estimate of drug-likeness (QED) is 0.688. The molecule has 0 N–H and O–H groups in total. The summed E-state index contributed by atoms with van der Waals surface area (Å²) in [6, 6.07) is 1.93. The lowest BCUT2D eigenvalue weighted by Gasteiger charge is -2.26. The Labute approximate surface area is 96.6 Å². The molecule has 4 nitrogen and oxygen atoms in total. The number of ketones is 1. The van der Waals surface area contributed by atoms with Gasteiger partial charge in [0, 0.05) is 6.42 Å². The van der Waals surface area contributed by atoms with Crippen molar-refractivity contribution in [2.45, 2.75) is 53.1 Å². The first-order valence-corrected chi connectivity index (χ1v) is 5.25. The van der Waals surface area contributed by atoms with Gasteiger partial charge in [-0.1, -0.05) is 0 Å². The Balaban J connectivity index is 4.64. The van der Waals surface area contributed by atoms with Crippen LogP contribution in [0.15, 0.2) is 0 Å². The van der Waals surface area contributed by atoms with Crippen molar-refractivity contribution in [3.8, 4) is 6.07 Å². The summed E-state index contributed by atoms with van der Waals surface area (Å²) in [5, 5.41) is 9.00. The van der Waals surface area contributed by atoms with Gasteiger partial charge in [-0.15, -0.1) is 0 Å². The largest absolute Gasteiger partial charge is 0.459 e. The molecule has 0 aliphatic carbocycles. The first-order valence-electron chi connectivity index (χ1n) is 5.25. The van der Waals surface area contributed by atoms with Gasteiger partial charge < -0.3 is 9.53 Å². The highest BCUT2D eigenvalue weighted by atomic mass is 16.6. The maximum atomic E-state index is 11.8. The molecule has 0 spiro atoms. The normalized spacial score (nSPS) is 14.8. The number of rotatable bonds is 4. The van der Waals surface area contributed by atoms with Gasteiger partial charge in [-0.25, -0.2) is 0 Å². The van der Waals surface area contributed by atoms with E-state index in [9.17, 15) is 9.59 Å². The van der Waals surface area contributed by atoms with Crippen LogP contribution in [0.4, 0.5) is 0 Å². The molecule has 0 heterocycles. The molecule has 0 radical (unpaired) electrons. The standard InChI is InChI=1S/C12H19NO3/c1-9(14)6-7-12(5,8-13)10(15)16-11(2,3)4/h6-7H2,1-5H3. The van der Waals surface area contributed by atoms with Gasteiger partial charge in [-0.05, 0) is 41.0 Å². The van der Waals surface area contributed by atoms with Gasteiger partial charge in [0.25, 0.3) is 0 Å². The summed E-state index contributed by atoms with van der Waals surface area (Å²) in [7, 11) is 0. The number of hydrogen-bond donors (Lipinski definition) is 0. The average Bonchev–Trinajstić information content (AvgIpc) is 2.11. The molecule has 90 valence electrons. The Morgan fingerprint density at radius 3 is 2.06 bits per heavy atom. The van der Waals surface area contributed by atoms with Crippen molar-refractivity contribution in [1.29, 1.82) is 5.26 Å². The monoisotopic (exact) mass is 225 g/mol. The van der Waals surface area contributed by atoms with Crippen LogP contribution in [0.3, 0.4) is 0 Å². The lowest BCUT2D eigenvalue weighted by molar-refractivity contribution is -0.163. The Hall–Kier alpha value is -1.37. The number of nitrogens with zero attached hydrogens (tertiary/aromatic N) is 1. The molecule has 0 aromatic carbocycles. The zero-order valence-electron chi connectivity index (χ0n) is 10.6. The molecule has 16 heavy (non-hydrogen) atoms. The fourth-order valence-electron chi connectivity index (χ4n) is 1.02. The maximum absolute atomic E-state index is 11.8. The van der Waals surface area contributed by atoms with E-state index in [-0.39, 0.29) is 18.6 Å². The van der Waals surface area contributed by atoms with E-state index in [0.717, 1.165) is 0 Å². The van der Waals surface area contributed by atoms with Crippen molar-refractivity contribution >= 4 is 11.8 Å². The predicted molar refractivity (Wildman–Crippen MR) is 59.5 cm³/mol. The van der Waals surface area contributed by atoms with E-state index >= 15 is 0 Å². The average molecular weight is 225 g/mol. The highest BCUT2D eigenvalue weighted by Crippen LogP contribution is 2.26. The minimum atomic E-state index is -1.24. The van der Waals surface area contributed by atoms with Crippen LogP contribution in [0.5, 0.6) is 0 Å². The summed E-state index contributed by atoms with van der Waals surface area (Å²) in [5.74, 6) is -0.603. The first-order chi connectivity index (χ1) is 7.10. The number of hydrogen-bond acceptors (Lipinski definition) is 4. The van der Waals surface area contributed by atoms with Crippen LogP contribution in [0.2, 0.25) is 0 Å². The minimum absolute atomic E-state index is 0.0370. The second-order valence-corrected chi connectivity index (χ2v) is 5.15. The fraction of sp³-hybridized carbons (Fsp3) is 0.750. The van der Waals surface area contributed by atoms with Crippen molar-refractivity contribution in [3.05, 3.63) is 0 Å². The highest BCUT2D eigenvalue weighted by molar-refractivity contribution is 5.81. The number of Topliss-reactive ketones (excluding diaryl/α,β-unsaturated/α-hetero) is 1. The van der Waals surface area contributed by atoms with E-state index < -0.39 is 17.0 Å². The van der Waals surface area contributed by atoms with Crippen LogP contribution in [0, 0.1) is 16.7 Å². The smallest absolute Gasteiger partial charge is 0.326 e. The first kappa shape index (κ1) is 14.6. The van der Waals surface area contributed by atoms with Gasteiger partial charge in [0.1, 0.15) is 11.4 Å². The molecule has 0 rings (SSSR count). The van der Waals surface area contributed by atoms with Crippen LogP contribution in [0.25, 0.3) is 0 Å². The third kappa shape index (κ3) is 4.92. The van der Waals surface area contributed by atoms with E-state index in [4.69, 9.17) is 10.00 Å². The number of carbonyl (C=O) groups is 2. The van der Waals surface area contributed by atoms with Crippen molar-refractivity contribution in [1.82, 2.24) is 0 Å². The van der Waals surface area contributed by atoms with Gasteiger partial charge in [-0.3, -0.25) is 4.79 Å². The van der Waals surface area contributed by atoms with Crippen LogP contribution in [-0.2, 0) is 14.3 Å². The summed E-state index contributed by atoms with van der Waals surface area (Å²) in [5.41, 5.74) is -1.86. The van der Waals surface area contributed by atoms with E-state index in [1.807, 2.05) is 6.07 Å². The summed E-state index contributed by atoms with van der Waals surface area (Å²) >= 11 is 0. The SMILES string of the molecule is CC(=O)CCC(C)(C#N)C(=O)OC(C)(C)C. The summed E-state index contributed by atoms with van der Waals surface area (Å²) < 4.78 is 5.15. The molecule has 0 saturated carbocycles. The molecule has 0 aliphatic rings. The van der Waals surface area contributed by atoms with Crippen LogP contribution in [-0.4, -0.2) is 17.4 Å². The second-order valence-electron chi connectivity index (χ2n) is 5.15. The zero-order chi connectivity index (χ0) is 13.0. The molecule has 0 fully saturated rings. The Morgan fingerprint density at radius 2 is 1.75 bits per heavy atom. The highest BCUT2D eigenvalue weighted by Gasteiger charge is 2.37. The van der Waals surface area contributed by atoms with E-state index in [1.165, 1.54) is 13.8 Å². The van der Waals surface area contributed by atoms with Gasteiger partial charge in [0.15, 0.2) is 5.41 Å². The lowest BCUT2D eigenvalue weighted by Crippen LogP contribution is -2.35. The Kier molecular flexibility index (Phi) is 4.67. The molecule has 0 bridgehead atoms. The Bertz CT molecular complexity index is 322. The Morgan fingerprint density at radius 1 is 1.25 bits per heavy atom. The van der Waals surface area contributed by atoms with Crippen molar-refractivity contribution in [3.63, 3.8) is 0 Å². The zero-order valence-corrected chi connectivity index (χ0v) is 10.6. The fourth-order valence-corrected chi connectivity index (χ4v) is 1.02. The molecule has 0 aromatic rings. The molecular weight excluding hydrogens is 206 g/mol. The van der Waals surface area contributed by atoms with Gasteiger partial charge in [0.05, 0.1) is 6.07 Å². The second kappa shape index (κ2) is 5.11. The molecule has 0 aliphatic heterocycles. The van der Waals surface area contributed by atoms with Crippen molar-refractivity contribution < 1.29 is 14.3 Å². The number of esters is 1. The molecule has 0 aromatic heterocycles. The van der Waals surface area contributed by atoms with Crippen LogP contribution >= 0.6 is 0 Å².